The van der Waals surface area contributed by atoms with Crippen LogP contribution in [0, 0.1) is 30.6 Å². The van der Waals surface area contributed by atoms with Crippen molar-refractivity contribution in [1.82, 2.24) is 5.32 Å². The lowest BCUT2D eigenvalue weighted by Gasteiger charge is -2.44. The molecule has 2 N–H and O–H groups in total. The largest absolute Gasteiger partial charge is 0.481 e. The number of benzene rings is 1. The molecule has 0 spiro atoms. The molecule has 1 aromatic carbocycles. The molecule has 3 aliphatic rings. The summed E-state index contributed by atoms with van der Waals surface area (Å²) < 4.78 is 40.1. The maximum atomic E-state index is 13.4. The lowest BCUT2D eigenvalue weighted by atomic mass is 9.62. The van der Waals surface area contributed by atoms with Gasteiger partial charge in [0.1, 0.15) is 0 Å². The zero-order valence-corrected chi connectivity index (χ0v) is 17.3. The first kappa shape index (κ1) is 22.6. The smallest absolute Gasteiger partial charge is 0.416 e. The Labute approximate surface area is 176 Å². The van der Waals surface area contributed by atoms with E-state index >= 15 is 0 Å². The van der Waals surface area contributed by atoms with Crippen molar-refractivity contribution >= 4 is 5.97 Å². The molecule has 0 heterocycles. The number of carbonyl (C=O) groups is 1. The van der Waals surface area contributed by atoms with Gasteiger partial charge in [-0.3, -0.25) is 4.79 Å². The van der Waals surface area contributed by atoms with E-state index in [1.54, 1.807) is 19.1 Å². The van der Waals surface area contributed by atoms with Gasteiger partial charge in [-0.15, -0.1) is 0 Å². The highest BCUT2D eigenvalue weighted by atomic mass is 19.4. The molecule has 2 bridgehead atoms. The van der Waals surface area contributed by atoms with Crippen molar-refractivity contribution < 1.29 is 23.1 Å². The van der Waals surface area contributed by atoms with E-state index in [4.69, 9.17) is 5.11 Å². The summed E-state index contributed by atoms with van der Waals surface area (Å²) in [6.07, 6.45) is 8.27. The number of rotatable bonds is 9. The number of alkyl halides is 3. The van der Waals surface area contributed by atoms with E-state index in [2.05, 4.69) is 29.6 Å². The van der Waals surface area contributed by atoms with Crippen LogP contribution in [0.25, 0.3) is 0 Å². The molecule has 164 valence electrons. The summed E-state index contributed by atoms with van der Waals surface area (Å²) in [5.74, 6) is 0.828. The number of halogens is 3. The number of aliphatic carboxylic acids is 1. The van der Waals surface area contributed by atoms with Gasteiger partial charge in [-0.25, -0.2) is 0 Å². The normalized spacial score (nSPS) is 25.9. The maximum absolute atomic E-state index is 13.4. The van der Waals surface area contributed by atoms with Crippen LogP contribution in [0.4, 0.5) is 13.2 Å². The molecule has 0 amide bonds. The van der Waals surface area contributed by atoms with Gasteiger partial charge in [-0.2, -0.15) is 13.2 Å². The van der Waals surface area contributed by atoms with Gasteiger partial charge in [-0.1, -0.05) is 42.0 Å². The molecule has 6 heteroatoms. The average molecular weight is 422 g/mol. The molecule has 1 fully saturated rings. The highest BCUT2D eigenvalue weighted by molar-refractivity contribution is 5.66. The van der Waals surface area contributed by atoms with Crippen LogP contribution in [-0.2, 0) is 17.5 Å². The molecule has 1 saturated carbocycles. The highest BCUT2D eigenvalue weighted by Gasteiger charge is 2.39. The van der Waals surface area contributed by atoms with Gasteiger partial charge in [-0.05, 0) is 74.5 Å². The van der Waals surface area contributed by atoms with Gasteiger partial charge in [0.2, 0.25) is 0 Å². The van der Waals surface area contributed by atoms with Gasteiger partial charge in [0.05, 0.1) is 5.56 Å². The van der Waals surface area contributed by atoms with Gasteiger partial charge in [0, 0.05) is 13.0 Å². The fourth-order valence-corrected chi connectivity index (χ4v) is 4.82. The average Bonchev–Trinajstić information content (AvgIpc) is 2.69. The molecule has 30 heavy (non-hydrogen) atoms. The van der Waals surface area contributed by atoms with Gasteiger partial charge >= 0.3 is 12.1 Å². The Hall–Kier alpha value is -2.08. The molecule has 0 aliphatic heterocycles. The number of aryl methyl sites for hydroxylation is 1. The zero-order chi connectivity index (χ0) is 21.7. The fourth-order valence-electron chi connectivity index (χ4n) is 4.82. The molecule has 0 saturated heterocycles. The Kier molecular flexibility index (Phi) is 7.40. The zero-order valence-electron chi connectivity index (χ0n) is 17.3. The van der Waals surface area contributed by atoms with Crippen LogP contribution in [0.1, 0.15) is 48.8 Å². The van der Waals surface area contributed by atoms with Crippen LogP contribution in [0.5, 0.6) is 0 Å². The summed E-state index contributed by atoms with van der Waals surface area (Å²) >= 11 is 0. The Morgan fingerprint density at radius 1 is 1.23 bits per heavy atom. The number of unbranched alkanes of at least 4 members (excludes halogenated alkanes) is 1. The van der Waals surface area contributed by atoms with E-state index in [0.717, 1.165) is 19.3 Å². The standard InChI is InChI=1S/C24H30F3NO2/c1-16-7-8-19(22(13-16)24(25,26)27)14-28-15-21-18-11-9-17(10-12-18)20(21)5-3-2-4-6-23(29)30/h3,5,7-9,11,13,17-18,20-21,28H,2,4,6,10,12,14-15H2,1H3,(H,29,30)/b5-3-/t17-,18+,20+,21+/m1/s1. The number of hydrogen-bond acceptors (Lipinski definition) is 2. The Morgan fingerprint density at radius 2 is 1.97 bits per heavy atom. The number of hydrogen-bond donors (Lipinski definition) is 2. The molecular weight excluding hydrogens is 391 g/mol. The van der Waals surface area contributed by atoms with Crippen molar-refractivity contribution in [2.24, 2.45) is 23.7 Å². The third-order valence-electron chi connectivity index (χ3n) is 6.36. The van der Waals surface area contributed by atoms with E-state index in [0.29, 0.717) is 42.2 Å². The SMILES string of the molecule is Cc1ccc(CNC[C@@H]2[C@@H](/C=C\CCCC(=O)O)[C@@H]3C=C[C@H]2CC3)c(C(F)(F)F)c1. The third-order valence-corrected chi connectivity index (χ3v) is 6.36. The summed E-state index contributed by atoms with van der Waals surface area (Å²) in [6.45, 7) is 2.54. The topological polar surface area (TPSA) is 49.3 Å². The molecule has 0 radical (unpaired) electrons. The lowest BCUT2D eigenvalue weighted by molar-refractivity contribution is -0.138. The van der Waals surface area contributed by atoms with Crippen molar-refractivity contribution in [3.8, 4) is 0 Å². The van der Waals surface area contributed by atoms with Gasteiger partial charge < -0.3 is 10.4 Å². The van der Waals surface area contributed by atoms with E-state index in [1.165, 1.54) is 6.07 Å². The number of fused-ring (bicyclic) bond motifs is 2. The number of nitrogens with one attached hydrogen (secondary N) is 1. The molecule has 1 aromatic rings. The quantitative estimate of drug-likeness (QED) is 0.395. The first-order chi connectivity index (χ1) is 14.3. The number of carboxylic acids is 1. The second-order valence-corrected chi connectivity index (χ2v) is 8.53. The van der Waals surface area contributed by atoms with E-state index in [9.17, 15) is 18.0 Å². The minimum Gasteiger partial charge on any atom is -0.481 e. The van der Waals surface area contributed by atoms with E-state index in [1.807, 2.05) is 0 Å². The molecule has 4 atom stereocenters. The van der Waals surface area contributed by atoms with Crippen LogP contribution in [-0.4, -0.2) is 17.6 Å². The highest BCUT2D eigenvalue weighted by Crippen LogP contribution is 2.45. The van der Waals surface area contributed by atoms with E-state index < -0.39 is 17.7 Å². The van der Waals surface area contributed by atoms with Crippen LogP contribution < -0.4 is 5.32 Å². The van der Waals surface area contributed by atoms with Gasteiger partial charge in [0.25, 0.3) is 0 Å². The van der Waals surface area contributed by atoms with Crippen LogP contribution in [0.15, 0.2) is 42.5 Å². The monoisotopic (exact) mass is 421 g/mol. The van der Waals surface area contributed by atoms with Crippen molar-refractivity contribution in [3.05, 3.63) is 59.2 Å². The second kappa shape index (κ2) is 9.82. The van der Waals surface area contributed by atoms with E-state index in [-0.39, 0.29) is 18.5 Å². The fraction of sp³-hybridized carbons (Fsp3) is 0.542. The van der Waals surface area contributed by atoms with Crippen molar-refractivity contribution in [1.29, 1.82) is 0 Å². The molecule has 0 aromatic heterocycles. The summed E-state index contributed by atoms with van der Waals surface area (Å²) in [6, 6.07) is 4.50. The molecule has 3 aliphatic carbocycles. The van der Waals surface area contributed by atoms with Crippen LogP contribution in [0.2, 0.25) is 0 Å². The Balaban J connectivity index is 1.61. The lowest BCUT2D eigenvalue weighted by Crippen LogP contribution is -2.41. The van der Waals surface area contributed by atoms with Crippen molar-refractivity contribution in [2.45, 2.75) is 51.7 Å². The van der Waals surface area contributed by atoms with Crippen molar-refractivity contribution in [3.63, 3.8) is 0 Å². The predicted octanol–water partition coefficient (Wildman–Crippen LogP) is 5.74. The Morgan fingerprint density at radius 3 is 2.63 bits per heavy atom. The molecule has 4 rings (SSSR count). The maximum Gasteiger partial charge on any atom is 0.416 e. The summed E-state index contributed by atoms with van der Waals surface area (Å²) in [5, 5.41) is 12.0. The second-order valence-electron chi connectivity index (χ2n) is 8.53. The van der Waals surface area contributed by atoms with Crippen LogP contribution >= 0.6 is 0 Å². The van der Waals surface area contributed by atoms with Crippen molar-refractivity contribution in [2.75, 3.05) is 6.54 Å². The summed E-state index contributed by atoms with van der Waals surface area (Å²) in [4.78, 5) is 10.6. The third kappa shape index (κ3) is 5.75. The minimum absolute atomic E-state index is 0.171. The summed E-state index contributed by atoms with van der Waals surface area (Å²) in [7, 11) is 0. The molecular formula is C24H30F3NO2. The van der Waals surface area contributed by atoms with Crippen LogP contribution in [0.3, 0.4) is 0 Å². The first-order valence-electron chi connectivity index (χ1n) is 10.7. The number of allylic oxidation sites excluding steroid dienone is 4. The first-order valence-corrected chi connectivity index (χ1v) is 10.7. The number of carboxylic acid groups (broad SMARTS) is 1. The summed E-state index contributed by atoms with van der Waals surface area (Å²) in [5.41, 5.74) is 0.328. The molecule has 3 nitrogen and oxygen atoms in total. The Bertz CT molecular complexity index is 800. The predicted molar refractivity (Wildman–Crippen MR) is 111 cm³/mol. The molecule has 0 unspecified atom stereocenters. The van der Waals surface area contributed by atoms with Gasteiger partial charge in [0.15, 0.2) is 0 Å². The minimum atomic E-state index is -4.35.